The lowest BCUT2D eigenvalue weighted by Crippen LogP contribution is -2.32. The van der Waals surface area contributed by atoms with Crippen LogP contribution in [0.2, 0.25) is 0 Å². The number of carbonyl (C=O) groups excluding carboxylic acids is 2. The largest absolute Gasteiger partial charge is 0.508 e. The Morgan fingerprint density at radius 1 is 1.22 bits per heavy atom. The topological polar surface area (TPSA) is 108 Å². The number of imide groups is 1. The smallest absolute Gasteiger partial charge is 0.247 e. The van der Waals surface area contributed by atoms with Gasteiger partial charge in [-0.25, -0.2) is 4.90 Å². The van der Waals surface area contributed by atoms with E-state index in [4.69, 9.17) is 5.73 Å². The van der Waals surface area contributed by atoms with Gasteiger partial charge in [-0.3, -0.25) is 9.59 Å². The maximum Gasteiger partial charge on any atom is 0.247 e. The van der Waals surface area contributed by atoms with Gasteiger partial charge in [0.25, 0.3) is 0 Å². The molecule has 1 heterocycles. The van der Waals surface area contributed by atoms with Crippen molar-refractivity contribution in [1.29, 1.82) is 0 Å². The number of aryl methyl sites for hydroxylation is 1. The molecule has 0 saturated carbocycles. The van der Waals surface area contributed by atoms with Crippen LogP contribution in [0.4, 0.5) is 5.69 Å². The van der Waals surface area contributed by atoms with E-state index in [9.17, 15) is 14.7 Å². The third-order valence-electron chi connectivity index (χ3n) is 3.98. The second-order valence-electron chi connectivity index (χ2n) is 5.94. The number of amides is 2. The number of phenols is 1. The van der Waals surface area contributed by atoms with Crippen LogP contribution in [0.3, 0.4) is 0 Å². The van der Waals surface area contributed by atoms with Crippen molar-refractivity contribution in [1.82, 2.24) is 0 Å². The molecule has 2 amide bonds. The summed E-state index contributed by atoms with van der Waals surface area (Å²) in [6.45, 7) is 1.85. The van der Waals surface area contributed by atoms with Crippen molar-refractivity contribution in [2.24, 2.45) is 15.9 Å². The SMILES string of the molecule is Cc1ccccc1N1C(=O)C[C@@H](SC(N)=N/N=C/c2ccc(O)cc2)C1=O. The third-order valence-corrected chi connectivity index (χ3v) is 4.96. The van der Waals surface area contributed by atoms with E-state index in [-0.39, 0.29) is 29.2 Å². The van der Waals surface area contributed by atoms with Crippen molar-refractivity contribution in [3.8, 4) is 5.75 Å². The standard InChI is InChI=1S/C19H18N4O3S/c1-12-4-2-3-5-15(12)23-17(25)10-16(18(23)26)27-19(20)22-21-11-13-6-8-14(24)9-7-13/h2-9,11,16,24H,10H2,1H3,(H2,20,22)/b21-11+/t16-/m1/s1. The highest BCUT2D eigenvalue weighted by Gasteiger charge is 2.41. The molecule has 8 heteroatoms. The zero-order chi connectivity index (χ0) is 19.4. The van der Waals surface area contributed by atoms with Crippen LogP contribution in [-0.4, -0.2) is 33.6 Å². The summed E-state index contributed by atoms with van der Waals surface area (Å²) in [6.07, 6.45) is 1.55. The highest BCUT2D eigenvalue weighted by Crippen LogP contribution is 2.31. The van der Waals surface area contributed by atoms with Crippen molar-refractivity contribution in [2.45, 2.75) is 18.6 Å². The Kier molecular flexibility index (Phi) is 5.56. The number of aromatic hydroxyl groups is 1. The number of thioether (sulfide) groups is 1. The number of para-hydroxylation sites is 1. The summed E-state index contributed by atoms with van der Waals surface area (Å²) in [6, 6.07) is 13.7. The van der Waals surface area contributed by atoms with E-state index in [1.54, 1.807) is 24.3 Å². The van der Waals surface area contributed by atoms with E-state index in [0.29, 0.717) is 5.69 Å². The van der Waals surface area contributed by atoms with Crippen LogP contribution in [-0.2, 0) is 9.59 Å². The number of nitrogens with two attached hydrogens (primary N) is 1. The third kappa shape index (κ3) is 4.35. The van der Waals surface area contributed by atoms with Gasteiger partial charge in [0.1, 0.15) is 11.0 Å². The van der Waals surface area contributed by atoms with Gasteiger partial charge in [-0.2, -0.15) is 5.10 Å². The Morgan fingerprint density at radius 3 is 2.63 bits per heavy atom. The molecule has 2 aromatic carbocycles. The minimum atomic E-state index is -0.621. The van der Waals surface area contributed by atoms with Crippen molar-refractivity contribution in [3.63, 3.8) is 0 Å². The molecule has 0 radical (unpaired) electrons. The first-order valence-electron chi connectivity index (χ1n) is 8.20. The highest BCUT2D eigenvalue weighted by atomic mass is 32.2. The fourth-order valence-electron chi connectivity index (χ4n) is 2.65. The van der Waals surface area contributed by atoms with Crippen LogP contribution in [0.1, 0.15) is 17.5 Å². The summed E-state index contributed by atoms with van der Waals surface area (Å²) in [5, 5.41) is 16.5. The molecule has 138 valence electrons. The summed E-state index contributed by atoms with van der Waals surface area (Å²) in [5.41, 5.74) is 8.03. The molecule has 0 spiro atoms. The molecule has 7 nitrogen and oxygen atoms in total. The first-order chi connectivity index (χ1) is 13.0. The fourth-order valence-corrected chi connectivity index (χ4v) is 3.46. The number of carbonyl (C=O) groups is 2. The van der Waals surface area contributed by atoms with E-state index < -0.39 is 5.25 Å². The van der Waals surface area contributed by atoms with Crippen LogP contribution in [0, 0.1) is 6.92 Å². The van der Waals surface area contributed by atoms with Crippen LogP contribution in [0.25, 0.3) is 0 Å². The summed E-state index contributed by atoms with van der Waals surface area (Å²) in [4.78, 5) is 26.2. The number of anilines is 1. The van der Waals surface area contributed by atoms with Crippen LogP contribution in [0.15, 0.2) is 58.7 Å². The number of rotatable bonds is 4. The molecule has 0 bridgehead atoms. The zero-order valence-corrected chi connectivity index (χ0v) is 15.4. The van der Waals surface area contributed by atoms with Crippen molar-refractivity contribution in [3.05, 3.63) is 59.7 Å². The van der Waals surface area contributed by atoms with E-state index >= 15 is 0 Å². The van der Waals surface area contributed by atoms with E-state index in [2.05, 4.69) is 10.2 Å². The molecular formula is C19H18N4O3S. The van der Waals surface area contributed by atoms with Crippen molar-refractivity contribution >= 4 is 40.6 Å². The van der Waals surface area contributed by atoms with Gasteiger partial charge < -0.3 is 10.8 Å². The molecule has 27 heavy (non-hydrogen) atoms. The molecule has 1 saturated heterocycles. The Bertz CT molecular complexity index is 925. The van der Waals surface area contributed by atoms with Crippen LogP contribution >= 0.6 is 11.8 Å². The predicted octanol–water partition coefficient (Wildman–Crippen LogP) is 2.41. The quantitative estimate of drug-likeness (QED) is 0.365. The molecule has 0 aliphatic carbocycles. The molecule has 2 aromatic rings. The van der Waals surface area contributed by atoms with E-state index in [1.165, 1.54) is 23.2 Å². The predicted molar refractivity (Wildman–Crippen MR) is 107 cm³/mol. The lowest BCUT2D eigenvalue weighted by molar-refractivity contribution is -0.121. The lowest BCUT2D eigenvalue weighted by atomic mass is 10.2. The van der Waals surface area contributed by atoms with Gasteiger partial charge in [-0.05, 0) is 48.4 Å². The molecule has 0 unspecified atom stereocenters. The van der Waals surface area contributed by atoms with Crippen molar-refractivity contribution in [2.75, 3.05) is 4.90 Å². The Morgan fingerprint density at radius 2 is 1.93 bits per heavy atom. The molecule has 3 N–H and O–H groups in total. The van der Waals surface area contributed by atoms with Gasteiger partial charge in [0.15, 0.2) is 5.17 Å². The average molecular weight is 382 g/mol. The number of hydrogen-bond donors (Lipinski definition) is 2. The first kappa shape index (κ1) is 18.7. The van der Waals surface area contributed by atoms with Gasteiger partial charge in [0.05, 0.1) is 11.9 Å². The summed E-state index contributed by atoms with van der Waals surface area (Å²) in [5.74, 6) is -0.402. The Labute approximate surface area is 160 Å². The molecule has 3 rings (SSSR count). The molecule has 1 atom stereocenters. The number of amidine groups is 1. The first-order valence-corrected chi connectivity index (χ1v) is 9.08. The number of hydrogen-bond acceptors (Lipinski definition) is 6. The van der Waals surface area contributed by atoms with Crippen LogP contribution in [0.5, 0.6) is 5.75 Å². The van der Waals surface area contributed by atoms with E-state index in [0.717, 1.165) is 22.9 Å². The second-order valence-corrected chi connectivity index (χ2v) is 7.16. The summed E-state index contributed by atoms with van der Waals surface area (Å²) < 4.78 is 0. The second kappa shape index (κ2) is 8.05. The molecule has 1 aliphatic heterocycles. The molecule has 0 aromatic heterocycles. The minimum Gasteiger partial charge on any atom is -0.508 e. The van der Waals surface area contributed by atoms with E-state index in [1.807, 2.05) is 19.1 Å². The number of nitrogens with zero attached hydrogens (tertiary/aromatic N) is 3. The lowest BCUT2D eigenvalue weighted by Gasteiger charge is -2.16. The van der Waals surface area contributed by atoms with Gasteiger partial charge >= 0.3 is 0 Å². The molecular weight excluding hydrogens is 364 g/mol. The number of phenolic OH excluding ortho intramolecular Hbond substituents is 1. The number of benzene rings is 2. The minimum absolute atomic E-state index is 0.0652. The summed E-state index contributed by atoms with van der Waals surface area (Å²) in [7, 11) is 0. The summed E-state index contributed by atoms with van der Waals surface area (Å²) >= 11 is 1.02. The van der Waals surface area contributed by atoms with Crippen molar-refractivity contribution < 1.29 is 14.7 Å². The molecule has 1 aliphatic rings. The highest BCUT2D eigenvalue weighted by molar-refractivity contribution is 8.14. The van der Waals surface area contributed by atoms with Gasteiger partial charge in [0, 0.05) is 6.42 Å². The Hall–Kier alpha value is -3.13. The maximum atomic E-state index is 12.6. The average Bonchev–Trinajstić information content (AvgIpc) is 2.91. The fraction of sp³-hybridized carbons (Fsp3) is 0.158. The molecule has 1 fully saturated rings. The van der Waals surface area contributed by atoms with Gasteiger partial charge in [-0.15, -0.1) is 5.10 Å². The normalized spacial score (nSPS) is 17.9. The monoisotopic (exact) mass is 382 g/mol. The maximum absolute atomic E-state index is 12.6. The Balaban J connectivity index is 1.67. The van der Waals surface area contributed by atoms with Gasteiger partial charge in [-0.1, -0.05) is 30.0 Å². The van der Waals surface area contributed by atoms with Gasteiger partial charge in [0.2, 0.25) is 11.8 Å². The zero-order valence-electron chi connectivity index (χ0n) is 14.6. The van der Waals surface area contributed by atoms with Crippen LogP contribution < -0.4 is 10.6 Å².